The number of benzene rings is 3. The van der Waals surface area contributed by atoms with Crippen LogP contribution in [0.1, 0.15) is 45.8 Å². The summed E-state index contributed by atoms with van der Waals surface area (Å²) < 4.78 is 18.3. The Kier molecular flexibility index (Phi) is 5.49. The predicted octanol–water partition coefficient (Wildman–Crippen LogP) is 6.18. The maximum Gasteiger partial charge on any atom is 0.297 e. The number of hydrogen-bond donors (Lipinski definition) is 0. The number of fused-ring (bicyclic) bond motifs is 3. The minimum Gasteiger partial charge on any atom is -0.493 e. The number of hydrogen-bond acceptors (Lipinski definition) is 7. The second-order valence-electron chi connectivity index (χ2n) is 9.06. The van der Waals surface area contributed by atoms with E-state index in [9.17, 15) is 9.59 Å². The van der Waals surface area contributed by atoms with Gasteiger partial charge in [0.1, 0.15) is 5.58 Å². The molecule has 0 fully saturated rings. The van der Waals surface area contributed by atoms with Crippen LogP contribution in [-0.4, -0.2) is 24.6 Å². The lowest BCUT2D eigenvalue weighted by Gasteiger charge is -2.23. The molecule has 0 spiro atoms. The third kappa shape index (κ3) is 3.67. The molecule has 0 bridgehead atoms. The Balaban J connectivity index is 1.62. The van der Waals surface area contributed by atoms with Crippen LogP contribution in [-0.2, 0) is 0 Å². The molecule has 3 aromatic carbocycles. The Morgan fingerprint density at radius 3 is 2.57 bits per heavy atom. The van der Waals surface area contributed by atoms with Gasteiger partial charge in [-0.1, -0.05) is 35.1 Å². The van der Waals surface area contributed by atoms with Crippen molar-refractivity contribution in [2.45, 2.75) is 26.8 Å². The molecule has 1 aliphatic heterocycles. The number of anilines is 1. The third-order valence-corrected chi connectivity index (χ3v) is 7.59. The molecule has 8 heteroatoms. The number of nitrogens with zero attached hydrogens (tertiary/aromatic N) is 2. The van der Waals surface area contributed by atoms with Crippen LogP contribution in [0, 0.1) is 13.8 Å². The summed E-state index contributed by atoms with van der Waals surface area (Å²) in [5, 5.41) is 0.936. The molecule has 37 heavy (non-hydrogen) atoms. The average molecular weight is 513 g/mol. The van der Waals surface area contributed by atoms with Crippen LogP contribution >= 0.6 is 11.3 Å². The van der Waals surface area contributed by atoms with E-state index in [1.54, 1.807) is 30.2 Å². The summed E-state index contributed by atoms with van der Waals surface area (Å²) in [6.07, 6.45) is 0. The van der Waals surface area contributed by atoms with Crippen molar-refractivity contribution in [3.63, 3.8) is 0 Å². The number of carbonyl (C=O) groups excluding carboxylic acids is 1. The maximum absolute atomic E-state index is 13.9. The van der Waals surface area contributed by atoms with Crippen molar-refractivity contribution in [2.75, 3.05) is 18.6 Å². The van der Waals surface area contributed by atoms with E-state index in [0.29, 0.717) is 45.3 Å². The quantitative estimate of drug-likeness (QED) is 0.280. The van der Waals surface area contributed by atoms with E-state index >= 15 is 0 Å². The van der Waals surface area contributed by atoms with E-state index in [2.05, 4.69) is 0 Å². The zero-order valence-electron chi connectivity index (χ0n) is 20.8. The first-order chi connectivity index (χ1) is 17.9. The van der Waals surface area contributed by atoms with Gasteiger partial charge in [-0.2, -0.15) is 0 Å². The Labute approximate surface area is 216 Å². The van der Waals surface area contributed by atoms with Crippen LogP contribution < -0.4 is 19.8 Å². The highest BCUT2D eigenvalue weighted by molar-refractivity contribution is 7.22. The zero-order valence-corrected chi connectivity index (χ0v) is 21.6. The van der Waals surface area contributed by atoms with E-state index in [1.165, 1.54) is 11.3 Å². The highest BCUT2D eigenvalue weighted by Crippen LogP contribution is 2.45. The van der Waals surface area contributed by atoms with Crippen LogP contribution in [0.4, 0.5) is 5.13 Å². The molecule has 2 aromatic heterocycles. The van der Waals surface area contributed by atoms with Crippen molar-refractivity contribution in [3.05, 3.63) is 92.8 Å². The molecule has 3 heterocycles. The second-order valence-corrected chi connectivity index (χ2v) is 10.1. The summed E-state index contributed by atoms with van der Waals surface area (Å²) in [5.74, 6) is 0.737. The molecule has 1 amide bonds. The highest BCUT2D eigenvalue weighted by atomic mass is 32.1. The van der Waals surface area contributed by atoms with Gasteiger partial charge in [-0.3, -0.25) is 14.5 Å². The van der Waals surface area contributed by atoms with Gasteiger partial charge in [0, 0.05) is 0 Å². The van der Waals surface area contributed by atoms with Gasteiger partial charge >= 0.3 is 0 Å². The van der Waals surface area contributed by atoms with Gasteiger partial charge in [-0.25, -0.2) is 4.98 Å². The number of aryl methyl sites for hydroxylation is 2. The summed E-state index contributed by atoms with van der Waals surface area (Å²) in [6.45, 7) is 6.31. The van der Waals surface area contributed by atoms with Crippen LogP contribution in [0.25, 0.3) is 21.2 Å². The van der Waals surface area contributed by atoms with Gasteiger partial charge in [0.05, 0.1) is 40.9 Å². The summed E-state index contributed by atoms with van der Waals surface area (Å²) in [6, 6.07) is 16.1. The summed E-state index contributed by atoms with van der Waals surface area (Å²) >= 11 is 1.41. The molecule has 1 atom stereocenters. The highest BCUT2D eigenvalue weighted by Gasteiger charge is 2.45. The molecule has 0 saturated carbocycles. The topological polar surface area (TPSA) is 81.9 Å². The molecule has 186 valence electrons. The lowest BCUT2D eigenvalue weighted by molar-refractivity contribution is 0.0971. The van der Waals surface area contributed by atoms with E-state index < -0.39 is 11.9 Å². The van der Waals surface area contributed by atoms with E-state index in [1.807, 2.05) is 57.2 Å². The summed E-state index contributed by atoms with van der Waals surface area (Å²) in [5.41, 5.74) is 3.97. The van der Waals surface area contributed by atoms with E-state index in [4.69, 9.17) is 18.9 Å². The Morgan fingerprint density at radius 1 is 1.00 bits per heavy atom. The first kappa shape index (κ1) is 23.2. The number of ether oxygens (including phenoxy) is 2. The van der Waals surface area contributed by atoms with Gasteiger partial charge < -0.3 is 13.9 Å². The van der Waals surface area contributed by atoms with Crippen molar-refractivity contribution in [3.8, 4) is 11.5 Å². The lowest BCUT2D eigenvalue weighted by atomic mass is 9.98. The van der Waals surface area contributed by atoms with Crippen molar-refractivity contribution < 1.29 is 18.7 Å². The minimum atomic E-state index is -0.741. The summed E-state index contributed by atoms with van der Waals surface area (Å²) in [4.78, 5) is 34.2. The number of rotatable bonds is 5. The van der Waals surface area contributed by atoms with E-state index in [0.717, 1.165) is 21.3 Å². The Bertz CT molecular complexity index is 1770. The standard InChI is InChI=1S/C29H24N2O5S/c1-5-35-21-11-8-17(14-22(21)34-4)25-24-26(32)18-12-15(2)7-10-20(18)36-27(24)28(33)31(25)29-30-19-9-6-16(3)13-23(19)37-29/h6-14,25H,5H2,1-4H3. The zero-order chi connectivity index (χ0) is 25.8. The number of methoxy groups -OCH3 is 1. The fourth-order valence-corrected chi connectivity index (χ4v) is 5.94. The Hall–Kier alpha value is -4.17. The molecule has 7 nitrogen and oxygen atoms in total. The first-order valence-corrected chi connectivity index (χ1v) is 12.8. The van der Waals surface area contributed by atoms with E-state index in [-0.39, 0.29) is 11.2 Å². The van der Waals surface area contributed by atoms with Gasteiger partial charge in [0.25, 0.3) is 5.91 Å². The lowest BCUT2D eigenvalue weighted by Crippen LogP contribution is -2.29. The fraction of sp³-hybridized carbons (Fsp3) is 0.207. The van der Waals surface area contributed by atoms with Gasteiger partial charge in [-0.05, 0) is 68.3 Å². The van der Waals surface area contributed by atoms with Crippen molar-refractivity contribution in [2.24, 2.45) is 0 Å². The first-order valence-electron chi connectivity index (χ1n) is 12.0. The number of carbonyl (C=O) groups is 1. The maximum atomic E-state index is 13.9. The number of thiazole rings is 1. The number of aromatic nitrogens is 1. The van der Waals surface area contributed by atoms with Crippen molar-refractivity contribution in [1.29, 1.82) is 0 Å². The monoisotopic (exact) mass is 512 g/mol. The predicted molar refractivity (Wildman–Crippen MR) is 144 cm³/mol. The molecule has 1 unspecified atom stereocenters. The van der Waals surface area contributed by atoms with Crippen LogP contribution in [0.2, 0.25) is 0 Å². The molecule has 0 radical (unpaired) electrons. The summed E-state index contributed by atoms with van der Waals surface area (Å²) in [7, 11) is 1.56. The smallest absolute Gasteiger partial charge is 0.297 e. The normalized spacial score (nSPS) is 15.0. The molecule has 0 aliphatic carbocycles. The van der Waals surface area contributed by atoms with Gasteiger partial charge in [-0.15, -0.1) is 0 Å². The Morgan fingerprint density at radius 2 is 1.78 bits per heavy atom. The molecule has 0 saturated heterocycles. The molecule has 0 N–H and O–H groups in total. The third-order valence-electron chi connectivity index (χ3n) is 6.57. The molecule has 6 rings (SSSR count). The van der Waals surface area contributed by atoms with Gasteiger partial charge in [0.15, 0.2) is 22.1 Å². The molecule has 5 aromatic rings. The fourth-order valence-electron chi connectivity index (χ4n) is 4.85. The second kappa shape index (κ2) is 8.74. The van der Waals surface area contributed by atoms with Crippen molar-refractivity contribution in [1.82, 2.24) is 4.98 Å². The molecule has 1 aliphatic rings. The molecular formula is C29H24N2O5S. The minimum absolute atomic E-state index is 0.0367. The molecular weight excluding hydrogens is 488 g/mol. The van der Waals surface area contributed by atoms with Crippen LogP contribution in [0.5, 0.6) is 11.5 Å². The van der Waals surface area contributed by atoms with Crippen molar-refractivity contribution >= 4 is 43.6 Å². The average Bonchev–Trinajstić information content (AvgIpc) is 3.43. The van der Waals surface area contributed by atoms with Gasteiger partial charge in [0.2, 0.25) is 5.76 Å². The largest absolute Gasteiger partial charge is 0.493 e. The number of amides is 1. The van der Waals surface area contributed by atoms with Crippen LogP contribution in [0.15, 0.2) is 63.8 Å². The SMILES string of the molecule is CCOc1ccc(C2c3c(oc4ccc(C)cc4c3=O)C(=O)N2c2nc3ccc(C)cc3s2)cc1OC. The van der Waals surface area contributed by atoms with Crippen LogP contribution in [0.3, 0.4) is 0 Å².